The van der Waals surface area contributed by atoms with Crippen molar-refractivity contribution in [3.8, 4) is 17.0 Å². The fourth-order valence-electron chi connectivity index (χ4n) is 2.46. The number of rotatable bonds is 4. The number of nitrogens with zero attached hydrogens (tertiary/aromatic N) is 1. The highest BCUT2D eigenvalue weighted by atomic mass is 35.5. The van der Waals surface area contributed by atoms with E-state index < -0.39 is 6.61 Å². The van der Waals surface area contributed by atoms with Gasteiger partial charge in [0, 0.05) is 5.56 Å². The van der Waals surface area contributed by atoms with Gasteiger partial charge in [-0.3, -0.25) is 0 Å². The smallest absolute Gasteiger partial charge is 0.387 e. The quantitative estimate of drug-likeness (QED) is 0.907. The second kappa shape index (κ2) is 6.87. The van der Waals surface area contributed by atoms with E-state index in [0.29, 0.717) is 11.3 Å². The zero-order valence-corrected chi connectivity index (χ0v) is 12.0. The molecule has 2 N–H and O–H groups in total. The maximum Gasteiger partial charge on any atom is 0.387 e. The maximum atomic E-state index is 12.4. The van der Waals surface area contributed by atoms with Gasteiger partial charge in [0.2, 0.25) is 0 Å². The zero-order chi connectivity index (χ0) is 13.9. The topological polar surface area (TPSA) is 49.9 Å². The van der Waals surface area contributed by atoms with Crippen molar-refractivity contribution in [1.82, 2.24) is 15.3 Å². The lowest BCUT2D eigenvalue weighted by Crippen LogP contribution is -2.14. The summed E-state index contributed by atoms with van der Waals surface area (Å²) < 4.78 is 29.4. The van der Waals surface area contributed by atoms with E-state index in [1.165, 1.54) is 6.07 Å². The molecule has 1 atom stereocenters. The van der Waals surface area contributed by atoms with Gasteiger partial charge >= 0.3 is 6.61 Å². The molecular weight excluding hydrogens is 300 g/mol. The lowest BCUT2D eigenvalue weighted by molar-refractivity contribution is -0.0494. The summed E-state index contributed by atoms with van der Waals surface area (Å²) >= 11 is 0. The zero-order valence-electron chi connectivity index (χ0n) is 11.2. The van der Waals surface area contributed by atoms with Crippen LogP contribution in [0.2, 0.25) is 0 Å². The van der Waals surface area contributed by atoms with Crippen LogP contribution in [0.4, 0.5) is 8.78 Å². The van der Waals surface area contributed by atoms with E-state index in [1.807, 2.05) is 0 Å². The molecule has 0 aliphatic carbocycles. The Kier molecular flexibility index (Phi) is 5.14. The molecule has 1 saturated heterocycles. The number of hydrogen-bond acceptors (Lipinski definition) is 3. The summed E-state index contributed by atoms with van der Waals surface area (Å²) in [7, 11) is 0. The molecule has 1 fully saturated rings. The van der Waals surface area contributed by atoms with Crippen LogP contribution in [0.15, 0.2) is 30.5 Å². The monoisotopic (exact) mass is 315 g/mol. The molecule has 1 aromatic heterocycles. The first-order valence-corrected chi connectivity index (χ1v) is 6.56. The SMILES string of the molecule is Cl.FC(F)Oc1ccccc1-c1cnc([C@@H]2CCCN2)[nH]1. The number of alkyl halides is 2. The van der Waals surface area contributed by atoms with Gasteiger partial charge in [0.1, 0.15) is 11.6 Å². The van der Waals surface area contributed by atoms with Crippen LogP contribution in [0.5, 0.6) is 5.75 Å². The van der Waals surface area contributed by atoms with Gasteiger partial charge in [-0.2, -0.15) is 8.78 Å². The number of halogens is 3. The highest BCUT2D eigenvalue weighted by molar-refractivity contribution is 5.85. The van der Waals surface area contributed by atoms with E-state index >= 15 is 0 Å². The van der Waals surface area contributed by atoms with Crippen molar-refractivity contribution < 1.29 is 13.5 Å². The molecule has 1 aliphatic heterocycles. The number of aromatic nitrogens is 2. The minimum absolute atomic E-state index is 0. The molecule has 114 valence electrons. The third-order valence-corrected chi connectivity index (χ3v) is 3.38. The number of H-pyrrole nitrogens is 1. The number of benzene rings is 1. The highest BCUT2D eigenvalue weighted by Gasteiger charge is 2.20. The Bertz CT molecular complexity index is 585. The van der Waals surface area contributed by atoms with Crippen molar-refractivity contribution in [2.75, 3.05) is 6.54 Å². The van der Waals surface area contributed by atoms with Crippen LogP contribution in [-0.2, 0) is 0 Å². The number of imidazole rings is 1. The molecule has 3 rings (SSSR count). The lowest BCUT2D eigenvalue weighted by Gasteiger charge is -2.09. The Labute approximate surface area is 127 Å². The summed E-state index contributed by atoms with van der Waals surface area (Å²) in [6.45, 7) is -1.86. The molecule has 4 nitrogen and oxygen atoms in total. The Hall–Kier alpha value is -1.66. The highest BCUT2D eigenvalue weighted by Crippen LogP contribution is 2.31. The molecule has 1 aromatic carbocycles. The van der Waals surface area contributed by atoms with Gasteiger partial charge in [-0.25, -0.2) is 4.98 Å². The summed E-state index contributed by atoms with van der Waals surface area (Å²) in [5.41, 5.74) is 1.27. The van der Waals surface area contributed by atoms with Gasteiger partial charge in [0.05, 0.1) is 17.9 Å². The maximum absolute atomic E-state index is 12.4. The third-order valence-electron chi connectivity index (χ3n) is 3.38. The van der Waals surface area contributed by atoms with Crippen molar-refractivity contribution in [3.63, 3.8) is 0 Å². The number of ether oxygens (including phenoxy) is 1. The summed E-state index contributed by atoms with van der Waals surface area (Å²) in [4.78, 5) is 7.52. The summed E-state index contributed by atoms with van der Waals surface area (Å²) in [5.74, 6) is 0.987. The van der Waals surface area contributed by atoms with E-state index in [-0.39, 0.29) is 24.2 Å². The molecule has 0 saturated carbocycles. The average molecular weight is 316 g/mol. The van der Waals surface area contributed by atoms with Gasteiger partial charge in [-0.15, -0.1) is 12.4 Å². The molecule has 0 unspecified atom stereocenters. The molecule has 7 heteroatoms. The van der Waals surface area contributed by atoms with Gasteiger partial charge in [0.15, 0.2) is 0 Å². The van der Waals surface area contributed by atoms with Gasteiger partial charge in [0.25, 0.3) is 0 Å². The second-order valence-electron chi connectivity index (χ2n) is 4.71. The van der Waals surface area contributed by atoms with Crippen LogP contribution in [0.25, 0.3) is 11.3 Å². The van der Waals surface area contributed by atoms with Crippen LogP contribution in [0, 0.1) is 0 Å². The van der Waals surface area contributed by atoms with E-state index in [1.54, 1.807) is 24.4 Å². The summed E-state index contributed by atoms with van der Waals surface area (Å²) in [5, 5.41) is 3.34. The van der Waals surface area contributed by atoms with E-state index in [9.17, 15) is 8.78 Å². The Morgan fingerprint density at radius 3 is 2.81 bits per heavy atom. The molecule has 2 aromatic rings. The summed E-state index contributed by atoms with van der Waals surface area (Å²) in [6.07, 6.45) is 3.80. The molecule has 2 heterocycles. The number of para-hydroxylation sites is 1. The van der Waals surface area contributed by atoms with Gasteiger partial charge in [-0.1, -0.05) is 12.1 Å². The van der Waals surface area contributed by atoms with Crippen LogP contribution < -0.4 is 10.1 Å². The van der Waals surface area contributed by atoms with Gasteiger partial charge < -0.3 is 15.0 Å². The fraction of sp³-hybridized carbons (Fsp3) is 0.357. The van der Waals surface area contributed by atoms with E-state index in [2.05, 4.69) is 20.0 Å². The summed E-state index contributed by atoms with van der Waals surface area (Å²) in [6, 6.07) is 6.92. The number of hydrogen-bond donors (Lipinski definition) is 2. The van der Waals surface area contributed by atoms with Crippen LogP contribution in [0.1, 0.15) is 24.7 Å². The molecule has 0 spiro atoms. The average Bonchev–Trinajstić information content (AvgIpc) is 3.10. The number of nitrogens with one attached hydrogen (secondary N) is 2. The van der Waals surface area contributed by atoms with Crippen molar-refractivity contribution in [1.29, 1.82) is 0 Å². The fourth-order valence-corrected chi connectivity index (χ4v) is 2.46. The Morgan fingerprint density at radius 1 is 1.29 bits per heavy atom. The number of aromatic amines is 1. The molecule has 1 aliphatic rings. The van der Waals surface area contributed by atoms with Crippen LogP contribution in [0.3, 0.4) is 0 Å². The first-order valence-electron chi connectivity index (χ1n) is 6.56. The van der Waals surface area contributed by atoms with E-state index in [4.69, 9.17) is 0 Å². The molecule has 0 radical (unpaired) electrons. The predicted octanol–water partition coefficient (Wildman–Crippen LogP) is 3.52. The van der Waals surface area contributed by atoms with Gasteiger partial charge in [-0.05, 0) is 31.5 Å². The van der Waals surface area contributed by atoms with Crippen molar-refractivity contribution in [2.45, 2.75) is 25.5 Å². The van der Waals surface area contributed by atoms with E-state index in [0.717, 1.165) is 25.2 Å². The molecule has 21 heavy (non-hydrogen) atoms. The first kappa shape index (κ1) is 15.7. The molecular formula is C14H16ClF2N3O. The second-order valence-corrected chi connectivity index (χ2v) is 4.71. The standard InChI is InChI=1S/C14H15F2N3O.ClH/c15-14(16)20-12-6-2-1-4-9(12)11-8-18-13(19-11)10-5-3-7-17-10;/h1-2,4,6,8,10,14,17H,3,5,7H2,(H,18,19);1H/t10-;/m0./s1. The van der Waals surface area contributed by atoms with Crippen LogP contribution >= 0.6 is 12.4 Å². The van der Waals surface area contributed by atoms with Crippen molar-refractivity contribution in [3.05, 3.63) is 36.3 Å². The Morgan fingerprint density at radius 2 is 2.10 bits per heavy atom. The normalized spacial score (nSPS) is 17.8. The minimum Gasteiger partial charge on any atom is -0.434 e. The molecule has 0 bridgehead atoms. The minimum atomic E-state index is -2.84. The lowest BCUT2D eigenvalue weighted by atomic mass is 10.1. The largest absolute Gasteiger partial charge is 0.434 e. The van der Waals surface area contributed by atoms with Crippen molar-refractivity contribution >= 4 is 12.4 Å². The molecule has 0 amide bonds. The van der Waals surface area contributed by atoms with Crippen molar-refractivity contribution in [2.24, 2.45) is 0 Å². The third kappa shape index (κ3) is 3.51. The van der Waals surface area contributed by atoms with Crippen LogP contribution in [-0.4, -0.2) is 23.1 Å². The predicted molar refractivity (Wildman–Crippen MR) is 77.9 cm³/mol. The first-order chi connectivity index (χ1) is 9.74. The Balaban J connectivity index is 0.00000161.